The second-order valence-corrected chi connectivity index (χ2v) is 4.51. The number of halogens is 1. The lowest BCUT2D eigenvalue weighted by Gasteiger charge is -2.14. The molecule has 1 N–H and O–H groups in total. The monoisotopic (exact) mass is 206 g/mol. The maximum Gasteiger partial charge on any atom is 0.321 e. The molecule has 0 amide bonds. The number of carbonyl (C=O) groups is 1. The molecule has 13 heavy (non-hydrogen) atoms. The molecule has 0 fully saturated rings. The Kier molecular flexibility index (Phi) is 6.13. The summed E-state index contributed by atoms with van der Waals surface area (Å²) >= 11 is 5.68. The first-order valence-corrected chi connectivity index (χ1v) is 5.25. The van der Waals surface area contributed by atoms with Crippen LogP contribution in [0.15, 0.2) is 0 Å². The standard InChI is InChI=1S/C10H19ClO2/c1-7(2)5-4-6-8(3)9(11)10(12)13/h7-9H,4-6H2,1-3H3,(H,12,13)/t8-,9-/m0/s1. The molecule has 0 aromatic rings. The van der Waals surface area contributed by atoms with E-state index in [0.717, 1.165) is 19.3 Å². The van der Waals surface area contributed by atoms with Gasteiger partial charge in [-0.2, -0.15) is 0 Å². The van der Waals surface area contributed by atoms with Gasteiger partial charge in [0.15, 0.2) is 0 Å². The number of alkyl halides is 1. The Bertz CT molecular complexity index is 157. The number of aliphatic carboxylic acids is 1. The SMILES string of the molecule is CC(C)CCC[C@H](C)[C@H](Cl)C(=O)O. The fraction of sp³-hybridized carbons (Fsp3) is 0.900. The Labute approximate surface area is 85.3 Å². The van der Waals surface area contributed by atoms with Gasteiger partial charge >= 0.3 is 5.97 Å². The van der Waals surface area contributed by atoms with Crippen LogP contribution in [0, 0.1) is 11.8 Å². The lowest BCUT2D eigenvalue weighted by Crippen LogP contribution is -2.21. The molecule has 0 bridgehead atoms. The maximum atomic E-state index is 10.5. The Morgan fingerprint density at radius 3 is 2.23 bits per heavy atom. The molecule has 0 spiro atoms. The minimum Gasteiger partial charge on any atom is -0.480 e. The van der Waals surface area contributed by atoms with Crippen LogP contribution in [-0.4, -0.2) is 16.5 Å². The molecule has 0 aliphatic carbocycles. The summed E-state index contributed by atoms with van der Waals surface area (Å²) in [7, 11) is 0. The molecule has 0 aliphatic rings. The van der Waals surface area contributed by atoms with E-state index in [1.165, 1.54) is 0 Å². The third-order valence-electron chi connectivity index (χ3n) is 2.18. The molecule has 0 saturated heterocycles. The van der Waals surface area contributed by atoms with E-state index >= 15 is 0 Å². The largest absolute Gasteiger partial charge is 0.480 e. The van der Waals surface area contributed by atoms with Crippen molar-refractivity contribution in [3.8, 4) is 0 Å². The molecule has 0 rings (SSSR count). The van der Waals surface area contributed by atoms with Crippen LogP contribution >= 0.6 is 11.6 Å². The summed E-state index contributed by atoms with van der Waals surface area (Å²) in [5, 5.41) is 7.90. The van der Waals surface area contributed by atoms with Crippen molar-refractivity contribution >= 4 is 17.6 Å². The normalized spacial score (nSPS) is 15.8. The van der Waals surface area contributed by atoms with Gasteiger partial charge in [-0.1, -0.05) is 33.6 Å². The third kappa shape index (κ3) is 5.92. The van der Waals surface area contributed by atoms with Gasteiger partial charge in [0.2, 0.25) is 0 Å². The van der Waals surface area contributed by atoms with Gasteiger partial charge < -0.3 is 5.11 Å². The van der Waals surface area contributed by atoms with Gasteiger partial charge in [0.1, 0.15) is 5.38 Å². The van der Waals surface area contributed by atoms with Crippen molar-refractivity contribution in [1.82, 2.24) is 0 Å². The van der Waals surface area contributed by atoms with Crippen molar-refractivity contribution in [2.75, 3.05) is 0 Å². The Morgan fingerprint density at radius 2 is 1.85 bits per heavy atom. The molecule has 0 heterocycles. The zero-order valence-electron chi connectivity index (χ0n) is 8.59. The van der Waals surface area contributed by atoms with E-state index in [9.17, 15) is 4.79 Å². The maximum absolute atomic E-state index is 10.5. The van der Waals surface area contributed by atoms with Crippen molar-refractivity contribution in [1.29, 1.82) is 0 Å². The molecule has 3 heteroatoms. The molecule has 2 nitrogen and oxygen atoms in total. The van der Waals surface area contributed by atoms with Crippen LogP contribution in [0.3, 0.4) is 0 Å². The number of rotatable bonds is 6. The summed E-state index contributed by atoms with van der Waals surface area (Å²) in [4.78, 5) is 10.5. The predicted molar refractivity (Wildman–Crippen MR) is 55.1 cm³/mol. The van der Waals surface area contributed by atoms with Gasteiger partial charge in [-0.3, -0.25) is 4.79 Å². The molecule has 0 saturated carbocycles. The van der Waals surface area contributed by atoms with E-state index in [-0.39, 0.29) is 5.92 Å². The van der Waals surface area contributed by atoms with Gasteiger partial charge in [0, 0.05) is 0 Å². The third-order valence-corrected chi connectivity index (χ3v) is 2.79. The van der Waals surface area contributed by atoms with Crippen molar-refractivity contribution in [2.45, 2.75) is 45.4 Å². The van der Waals surface area contributed by atoms with Crippen LogP contribution in [0.2, 0.25) is 0 Å². The second kappa shape index (κ2) is 6.25. The first-order valence-electron chi connectivity index (χ1n) is 4.82. The predicted octanol–water partition coefficient (Wildman–Crippen LogP) is 3.14. The van der Waals surface area contributed by atoms with E-state index < -0.39 is 11.3 Å². The van der Waals surface area contributed by atoms with Gasteiger partial charge in [0.05, 0.1) is 0 Å². The van der Waals surface area contributed by atoms with Gasteiger partial charge in [-0.05, 0) is 18.3 Å². The summed E-state index contributed by atoms with van der Waals surface area (Å²) in [6.07, 6.45) is 3.11. The topological polar surface area (TPSA) is 37.3 Å². The van der Waals surface area contributed by atoms with E-state index in [1.807, 2.05) is 6.92 Å². The Morgan fingerprint density at radius 1 is 1.31 bits per heavy atom. The van der Waals surface area contributed by atoms with Crippen molar-refractivity contribution in [3.63, 3.8) is 0 Å². The zero-order valence-corrected chi connectivity index (χ0v) is 9.34. The lowest BCUT2D eigenvalue weighted by atomic mass is 9.97. The minimum absolute atomic E-state index is 0.0675. The van der Waals surface area contributed by atoms with Crippen LogP contribution in [-0.2, 0) is 4.79 Å². The van der Waals surface area contributed by atoms with Gasteiger partial charge in [-0.15, -0.1) is 11.6 Å². The molecule has 0 aliphatic heterocycles. The quantitative estimate of drug-likeness (QED) is 0.678. The van der Waals surface area contributed by atoms with Crippen molar-refractivity contribution in [2.24, 2.45) is 11.8 Å². The fourth-order valence-electron chi connectivity index (χ4n) is 1.24. The second-order valence-electron chi connectivity index (χ2n) is 4.04. The van der Waals surface area contributed by atoms with Crippen LogP contribution in [0.1, 0.15) is 40.0 Å². The minimum atomic E-state index is -0.904. The van der Waals surface area contributed by atoms with Crippen molar-refractivity contribution in [3.05, 3.63) is 0 Å². The highest BCUT2D eigenvalue weighted by molar-refractivity contribution is 6.29. The molecule has 0 unspecified atom stereocenters. The van der Waals surface area contributed by atoms with E-state index in [4.69, 9.17) is 16.7 Å². The van der Waals surface area contributed by atoms with Crippen LogP contribution < -0.4 is 0 Å². The first-order chi connectivity index (χ1) is 5.95. The molecule has 2 atom stereocenters. The van der Waals surface area contributed by atoms with Gasteiger partial charge in [0.25, 0.3) is 0 Å². The highest BCUT2D eigenvalue weighted by atomic mass is 35.5. The smallest absolute Gasteiger partial charge is 0.321 e. The molecular weight excluding hydrogens is 188 g/mol. The zero-order chi connectivity index (χ0) is 10.4. The fourth-order valence-corrected chi connectivity index (χ4v) is 1.36. The van der Waals surface area contributed by atoms with E-state index in [1.54, 1.807) is 0 Å². The Balaban J connectivity index is 3.61. The Hall–Kier alpha value is -0.240. The van der Waals surface area contributed by atoms with Gasteiger partial charge in [-0.25, -0.2) is 0 Å². The first kappa shape index (κ1) is 12.8. The molecule has 78 valence electrons. The summed E-state index contributed by atoms with van der Waals surface area (Å²) in [6, 6.07) is 0. The number of carboxylic acids is 1. The highest BCUT2D eigenvalue weighted by Crippen LogP contribution is 2.19. The highest BCUT2D eigenvalue weighted by Gasteiger charge is 2.21. The molecule has 0 radical (unpaired) electrons. The van der Waals surface area contributed by atoms with E-state index in [0.29, 0.717) is 5.92 Å². The molecule has 0 aromatic heterocycles. The summed E-state index contributed by atoms with van der Waals surface area (Å²) in [5.74, 6) is -0.151. The average Bonchev–Trinajstić information content (AvgIpc) is 2.02. The number of hydrogen-bond donors (Lipinski definition) is 1. The molecular formula is C10H19ClO2. The number of carboxylic acid groups (broad SMARTS) is 1. The lowest BCUT2D eigenvalue weighted by molar-refractivity contribution is -0.137. The summed E-state index contributed by atoms with van der Waals surface area (Å²) < 4.78 is 0. The van der Waals surface area contributed by atoms with Crippen LogP contribution in [0.25, 0.3) is 0 Å². The summed E-state index contributed by atoms with van der Waals surface area (Å²) in [5.41, 5.74) is 0. The van der Waals surface area contributed by atoms with Crippen molar-refractivity contribution < 1.29 is 9.90 Å². The number of hydrogen-bond acceptors (Lipinski definition) is 1. The summed E-state index contributed by atoms with van der Waals surface area (Å²) in [6.45, 7) is 6.23. The van der Waals surface area contributed by atoms with Crippen LogP contribution in [0.4, 0.5) is 0 Å². The van der Waals surface area contributed by atoms with Crippen LogP contribution in [0.5, 0.6) is 0 Å². The van der Waals surface area contributed by atoms with E-state index in [2.05, 4.69) is 13.8 Å². The molecule has 0 aromatic carbocycles. The average molecular weight is 207 g/mol.